The van der Waals surface area contributed by atoms with E-state index in [2.05, 4.69) is 36.3 Å². The topological polar surface area (TPSA) is 55.2 Å². The fourth-order valence-electron chi connectivity index (χ4n) is 3.51. The lowest BCUT2D eigenvalue weighted by Crippen LogP contribution is -2.41. The van der Waals surface area contributed by atoms with Crippen LogP contribution in [0.25, 0.3) is 0 Å². The molecule has 1 fully saturated rings. The Morgan fingerprint density at radius 3 is 2.80 bits per heavy atom. The monoisotopic (exact) mass is 339 g/mol. The molecule has 2 heterocycles. The molecule has 1 atom stereocenters. The maximum atomic E-state index is 12.7. The summed E-state index contributed by atoms with van der Waals surface area (Å²) >= 11 is 0. The van der Waals surface area contributed by atoms with Crippen molar-refractivity contribution >= 4 is 5.91 Å². The highest BCUT2D eigenvalue weighted by Gasteiger charge is 2.25. The number of rotatable bonds is 4. The Morgan fingerprint density at radius 1 is 1.24 bits per heavy atom. The number of nitrogens with zero attached hydrogens (tertiary/aromatic N) is 3. The van der Waals surface area contributed by atoms with E-state index in [4.69, 9.17) is 0 Å². The number of aromatic nitrogens is 2. The van der Waals surface area contributed by atoms with Crippen molar-refractivity contribution in [2.75, 3.05) is 13.1 Å². The third kappa shape index (κ3) is 4.16. The van der Waals surface area contributed by atoms with Crippen molar-refractivity contribution in [3.8, 4) is 0 Å². The number of carbonyl (C=O) groups is 1. The lowest BCUT2D eigenvalue weighted by atomic mass is 9.90. The van der Waals surface area contributed by atoms with E-state index in [0.717, 1.165) is 38.8 Å². The van der Waals surface area contributed by atoms with Gasteiger partial charge in [-0.15, -0.1) is 0 Å². The van der Waals surface area contributed by atoms with Gasteiger partial charge in [0.25, 0.3) is 11.5 Å². The summed E-state index contributed by atoms with van der Waals surface area (Å²) in [5.74, 6) is 0.445. The van der Waals surface area contributed by atoms with E-state index in [1.54, 1.807) is 7.05 Å². The molecule has 5 nitrogen and oxygen atoms in total. The number of hydrogen-bond acceptors (Lipinski definition) is 3. The predicted octanol–water partition coefficient (Wildman–Crippen LogP) is 2.57. The third-order valence-corrected chi connectivity index (χ3v) is 5.07. The number of aryl methyl sites for hydroxylation is 3. The van der Waals surface area contributed by atoms with Crippen molar-refractivity contribution in [2.45, 2.75) is 32.6 Å². The van der Waals surface area contributed by atoms with E-state index in [1.807, 2.05) is 4.90 Å². The number of likely N-dealkylation sites (tertiary alicyclic amines) is 1. The Kier molecular flexibility index (Phi) is 5.31. The third-order valence-electron chi connectivity index (χ3n) is 5.07. The van der Waals surface area contributed by atoms with Gasteiger partial charge in [0.15, 0.2) is 0 Å². The highest BCUT2D eigenvalue weighted by atomic mass is 16.2. The maximum absolute atomic E-state index is 12.7. The van der Waals surface area contributed by atoms with Crippen molar-refractivity contribution in [3.63, 3.8) is 0 Å². The fraction of sp³-hybridized carbons (Fsp3) is 0.450. The second-order valence-corrected chi connectivity index (χ2v) is 6.91. The maximum Gasteiger partial charge on any atom is 0.274 e. The molecule has 0 bridgehead atoms. The molecular weight excluding hydrogens is 314 g/mol. The quantitative estimate of drug-likeness (QED) is 0.860. The molecular formula is C20H25N3O2. The molecule has 0 saturated carbocycles. The average molecular weight is 339 g/mol. The minimum atomic E-state index is -0.202. The standard InChI is InChI=1S/C20H25N3O2/c1-15-6-3-4-8-17(15)10-9-16-7-5-13-23(14-16)20(25)18-11-12-19(24)22(2)21-18/h3-4,6,8,11-12,16H,5,7,9-10,13-14H2,1-2H3. The molecule has 1 aliphatic rings. The Morgan fingerprint density at radius 2 is 2.04 bits per heavy atom. The molecule has 1 saturated heterocycles. The number of benzene rings is 1. The molecule has 1 unspecified atom stereocenters. The summed E-state index contributed by atoms with van der Waals surface area (Å²) in [6, 6.07) is 11.4. The van der Waals surface area contributed by atoms with Crippen molar-refractivity contribution < 1.29 is 4.79 Å². The van der Waals surface area contributed by atoms with Gasteiger partial charge < -0.3 is 4.90 Å². The summed E-state index contributed by atoms with van der Waals surface area (Å²) in [7, 11) is 1.57. The molecule has 132 valence electrons. The second kappa shape index (κ2) is 7.64. The number of amides is 1. The SMILES string of the molecule is Cc1ccccc1CCC1CCCN(C(=O)c2ccc(=O)n(C)n2)C1. The first-order valence-corrected chi connectivity index (χ1v) is 8.93. The van der Waals surface area contributed by atoms with Crippen LogP contribution in [-0.4, -0.2) is 33.7 Å². The van der Waals surface area contributed by atoms with E-state index < -0.39 is 0 Å². The summed E-state index contributed by atoms with van der Waals surface area (Å²) in [5.41, 5.74) is 2.87. The molecule has 0 radical (unpaired) electrons. The highest BCUT2D eigenvalue weighted by molar-refractivity contribution is 5.92. The van der Waals surface area contributed by atoms with Crippen molar-refractivity contribution in [1.82, 2.24) is 14.7 Å². The zero-order valence-corrected chi connectivity index (χ0v) is 14.9. The van der Waals surface area contributed by atoms with E-state index in [-0.39, 0.29) is 11.5 Å². The van der Waals surface area contributed by atoms with Gasteiger partial charge in [-0.25, -0.2) is 4.68 Å². The first kappa shape index (κ1) is 17.4. The molecule has 2 aromatic rings. The normalized spacial score (nSPS) is 17.5. The van der Waals surface area contributed by atoms with Gasteiger partial charge in [0.05, 0.1) is 0 Å². The fourth-order valence-corrected chi connectivity index (χ4v) is 3.51. The van der Waals surface area contributed by atoms with Crippen LogP contribution in [0.15, 0.2) is 41.2 Å². The van der Waals surface area contributed by atoms with Crippen molar-refractivity contribution in [1.29, 1.82) is 0 Å². The zero-order chi connectivity index (χ0) is 17.8. The Labute approximate surface area is 148 Å². The predicted molar refractivity (Wildman–Crippen MR) is 97.6 cm³/mol. The van der Waals surface area contributed by atoms with Crippen LogP contribution in [0.4, 0.5) is 0 Å². The molecule has 1 aromatic heterocycles. The number of carbonyl (C=O) groups excluding carboxylic acids is 1. The molecule has 0 aliphatic carbocycles. The highest BCUT2D eigenvalue weighted by Crippen LogP contribution is 2.23. The van der Waals surface area contributed by atoms with E-state index in [9.17, 15) is 9.59 Å². The van der Waals surface area contributed by atoms with Crippen LogP contribution in [0.5, 0.6) is 0 Å². The van der Waals surface area contributed by atoms with Gasteiger partial charge in [0, 0.05) is 26.2 Å². The molecule has 3 rings (SSSR count). The van der Waals surface area contributed by atoms with E-state index in [1.165, 1.54) is 27.9 Å². The largest absolute Gasteiger partial charge is 0.337 e. The molecule has 25 heavy (non-hydrogen) atoms. The van der Waals surface area contributed by atoms with Crippen LogP contribution in [0.3, 0.4) is 0 Å². The van der Waals surface area contributed by atoms with E-state index in [0.29, 0.717) is 11.6 Å². The number of piperidine rings is 1. The van der Waals surface area contributed by atoms with Gasteiger partial charge in [-0.2, -0.15) is 5.10 Å². The minimum Gasteiger partial charge on any atom is -0.337 e. The van der Waals surface area contributed by atoms with Crippen LogP contribution >= 0.6 is 0 Å². The molecule has 5 heteroatoms. The summed E-state index contributed by atoms with van der Waals surface area (Å²) in [6.07, 6.45) is 4.33. The Bertz CT molecular complexity index is 813. The van der Waals surface area contributed by atoms with E-state index >= 15 is 0 Å². The van der Waals surface area contributed by atoms with Crippen LogP contribution in [0.1, 0.15) is 40.9 Å². The van der Waals surface area contributed by atoms with Crippen molar-refractivity contribution in [3.05, 3.63) is 63.6 Å². The Hall–Kier alpha value is -2.43. The van der Waals surface area contributed by atoms with Crippen LogP contribution < -0.4 is 5.56 Å². The molecule has 0 spiro atoms. The summed E-state index contributed by atoms with van der Waals surface area (Å²) in [6.45, 7) is 3.69. The van der Waals surface area contributed by atoms with Crippen LogP contribution in [0.2, 0.25) is 0 Å². The molecule has 0 N–H and O–H groups in total. The first-order valence-electron chi connectivity index (χ1n) is 8.93. The summed E-state index contributed by atoms with van der Waals surface area (Å²) < 4.78 is 1.22. The van der Waals surface area contributed by atoms with Gasteiger partial charge in [-0.1, -0.05) is 24.3 Å². The first-order chi connectivity index (χ1) is 12.0. The van der Waals surface area contributed by atoms with Crippen LogP contribution in [-0.2, 0) is 13.5 Å². The zero-order valence-electron chi connectivity index (χ0n) is 14.9. The van der Waals surface area contributed by atoms with Gasteiger partial charge >= 0.3 is 0 Å². The van der Waals surface area contributed by atoms with Gasteiger partial charge in [-0.05, 0) is 55.7 Å². The Balaban J connectivity index is 1.62. The van der Waals surface area contributed by atoms with Gasteiger partial charge in [0.2, 0.25) is 0 Å². The average Bonchev–Trinajstić information content (AvgIpc) is 2.63. The molecule has 1 amide bonds. The lowest BCUT2D eigenvalue weighted by molar-refractivity contribution is 0.0659. The smallest absolute Gasteiger partial charge is 0.274 e. The van der Waals surface area contributed by atoms with Crippen molar-refractivity contribution in [2.24, 2.45) is 13.0 Å². The number of hydrogen-bond donors (Lipinski definition) is 0. The summed E-state index contributed by atoms with van der Waals surface area (Å²) in [4.78, 5) is 26.0. The van der Waals surface area contributed by atoms with Gasteiger partial charge in [-0.3, -0.25) is 9.59 Å². The molecule has 1 aromatic carbocycles. The minimum absolute atomic E-state index is 0.0730. The molecule has 1 aliphatic heterocycles. The lowest BCUT2D eigenvalue weighted by Gasteiger charge is -2.32. The summed E-state index contributed by atoms with van der Waals surface area (Å²) in [5, 5.41) is 4.09. The van der Waals surface area contributed by atoms with Gasteiger partial charge in [0.1, 0.15) is 5.69 Å². The second-order valence-electron chi connectivity index (χ2n) is 6.91. The van der Waals surface area contributed by atoms with Crippen LogP contribution in [0, 0.1) is 12.8 Å².